The number of para-hydroxylation sites is 1. The number of hydrogen-bond donors (Lipinski definition) is 0. The topological polar surface area (TPSA) is 24.7 Å². The summed E-state index contributed by atoms with van der Waals surface area (Å²) >= 11 is 0. The summed E-state index contributed by atoms with van der Waals surface area (Å²) in [6.07, 6.45) is 1.82. The van der Waals surface area contributed by atoms with E-state index in [1.54, 1.807) is 7.05 Å². The Morgan fingerprint density at radius 2 is 2.07 bits per heavy atom. The van der Waals surface area contributed by atoms with E-state index in [1.165, 1.54) is 5.56 Å². The summed E-state index contributed by atoms with van der Waals surface area (Å²) in [5.74, 6) is 0.459. The van der Waals surface area contributed by atoms with E-state index >= 15 is 0 Å². The Hall–Kier alpha value is -1.44. The Morgan fingerprint density at radius 1 is 1.36 bits per heavy atom. The molecule has 0 radical (unpaired) electrons. The Kier molecular flexibility index (Phi) is 3.57. The van der Waals surface area contributed by atoms with Crippen molar-refractivity contribution >= 4 is 18.6 Å². The van der Waals surface area contributed by atoms with E-state index in [0.717, 1.165) is 11.3 Å². The smallest absolute Gasteiger partial charge is 0.0744 e. The van der Waals surface area contributed by atoms with Crippen molar-refractivity contribution in [1.82, 2.24) is 0 Å². The van der Waals surface area contributed by atoms with Crippen LogP contribution in [0.15, 0.2) is 28.2 Å². The maximum Gasteiger partial charge on any atom is 0.0744 e. The van der Waals surface area contributed by atoms with Crippen LogP contribution in [0.2, 0.25) is 0 Å². The molecule has 14 heavy (non-hydrogen) atoms. The van der Waals surface area contributed by atoms with Crippen LogP contribution >= 0.6 is 0 Å². The average Bonchev–Trinajstić information content (AvgIpc) is 2.18. The molecule has 0 saturated carbocycles. The lowest BCUT2D eigenvalue weighted by Gasteiger charge is -2.10. The van der Waals surface area contributed by atoms with Crippen LogP contribution < -0.4 is 0 Å². The zero-order valence-electron chi connectivity index (χ0n) is 8.99. The second-order valence-electron chi connectivity index (χ2n) is 3.49. The standard InChI is InChI=1S/C12H16N2/c1-9(2)11-7-5-6-10(8-13-3)12(11)14-4/h5-9H,4H2,1-3H3/b13-8-. The van der Waals surface area contributed by atoms with Crippen molar-refractivity contribution in [2.75, 3.05) is 7.05 Å². The fraction of sp³-hybridized carbons (Fsp3) is 0.333. The number of aliphatic imine (C=N–C) groups is 2. The van der Waals surface area contributed by atoms with Crippen molar-refractivity contribution in [1.29, 1.82) is 0 Å². The SMILES string of the molecule is C=Nc1c(/C=N\C)cccc1C(C)C. The van der Waals surface area contributed by atoms with Gasteiger partial charge in [0, 0.05) is 18.8 Å². The molecule has 1 aromatic carbocycles. The lowest BCUT2D eigenvalue weighted by molar-refractivity contribution is 0.867. The van der Waals surface area contributed by atoms with Crippen LogP contribution in [-0.4, -0.2) is 20.0 Å². The molecule has 0 bridgehead atoms. The van der Waals surface area contributed by atoms with Gasteiger partial charge in [-0.3, -0.25) is 9.98 Å². The summed E-state index contributed by atoms with van der Waals surface area (Å²) in [4.78, 5) is 8.07. The van der Waals surface area contributed by atoms with Gasteiger partial charge in [0.1, 0.15) is 0 Å². The van der Waals surface area contributed by atoms with Crippen molar-refractivity contribution in [3.63, 3.8) is 0 Å². The first-order chi connectivity index (χ1) is 6.70. The molecular formula is C12H16N2. The Bertz CT molecular complexity index is 351. The maximum atomic E-state index is 4.07. The number of hydrogen-bond acceptors (Lipinski definition) is 2. The summed E-state index contributed by atoms with van der Waals surface area (Å²) in [6.45, 7) is 7.90. The fourth-order valence-corrected chi connectivity index (χ4v) is 1.47. The highest BCUT2D eigenvalue weighted by Gasteiger charge is 2.07. The third-order valence-electron chi connectivity index (χ3n) is 2.15. The highest BCUT2D eigenvalue weighted by atomic mass is 14.7. The minimum Gasteiger partial charge on any atom is -0.296 e. The van der Waals surface area contributed by atoms with Gasteiger partial charge < -0.3 is 0 Å². The van der Waals surface area contributed by atoms with Gasteiger partial charge in [0.25, 0.3) is 0 Å². The molecule has 0 aliphatic heterocycles. The molecule has 0 unspecified atom stereocenters. The highest BCUT2D eigenvalue weighted by molar-refractivity contribution is 5.88. The van der Waals surface area contributed by atoms with Crippen LogP contribution in [-0.2, 0) is 0 Å². The molecule has 0 N–H and O–H groups in total. The predicted molar refractivity (Wildman–Crippen MR) is 63.3 cm³/mol. The van der Waals surface area contributed by atoms with Gasteiger partial charge in [-0.2, -0.15) is 0 Å². The molecule has 2 heteroatoms. The minimum atomic E-state index is 0.459. The van der Waals surface area contributed by atoms with Gasteiger partial charge in [-0.25, -0.2) is 0 Å². The van der Waals surface area contributed by atoms with Crippen LogP contribution in [0.5, 0.6) is 0 Å². The Balaban J connectivity index is 3.31. The van der Waals surface area contributed by atoms with Gasteiger partial charge in [-0.05, 0) is 18.2 Å². The molecule has 0 spiro atoms. The first kappa shape index (κ1) is 10.6. The van der Waals surface area contributed by atoms with Gasteiger partial charge in [-0.15, -0.1) is 0 Å². The molecule has 1 aromatic rings. The van der Waals surface area contributed by atoms with Crippen molar-refractivity contribution < 1.29 is 0 Å². The highest BCUT2D eigenvalue weighted by Crippen LogP contribution is 2.28. The fourth-order valence-electron chi connectivity index (χ4n) is 1.47. The molecule has 74 valence electrons. The Labute approximate surface area is 85.4 Å². The molecular weight excluding hydrogens is 172 g/mol. The quantitative estimate of drug-likeness (QED) is 0.651. The number of benzene rings is 1. The molecule has 0 aromatic heterocycles. The van der Waals surface area contributed by atoms with Crippen LogP contribution in [0, 0.1) is 0 Å². The zero-order chi connectivity index (χ0) is 10.6. The average molecular weight is 188 g/mol. The van der Waals surface area contributed by atoms with Gasteiger partial charge in [0.2, 0.25) is 0 Å². The van der Waals surface area contributed by atoms with Crippen molar-refractivity contribution in [2.24, 2.45) is 9.98 Å². The molecule has 0 fully saturated rings. The maximum absolute atomic E-state index is 4.07. The Morgan fingerprint density at radius 3 is 2.57 bits per heavy atom. The molecule has 0 heterocycles. The third kappa shape index (κ3) is 2.08. The van der Waals surface area contributed by atoms with E-state index in [4.69, 9.17) is 0 Å². The first-order valence-corrected chi connectivity index (χ1v) is 4.72. The van der Waals surface area contributed by atoms with Crippen LogP contribution in [0.25, 0.3) is 0 Å². The summed E-state index contributed by atoms with van der Waals surface area (Å²) < 4.78 is 0. The first-order valence-electron chi connectivity index (χ1n) is 4.72. The van der Waals surface area contributed by atoms with Crippen LogP contribution in [0.4, 0.5) is 5.69 Å². The summed E-state index contributed by atoms with van der Waals surface area (Å²) in [6, 6.07) is 6.12. The van der Waals surface area contributed by atoms with Crippen molar-refractivity contribution in [3.8, 4) is 0 Å². The molecule has 1 rings (SSSR count). The van der Waals surface area contributed by atoms with E-state index in [9.17, 15) is 0 Å². The second-order valence-corrected chi connectivity index (χ2v) is 3.49. The van der Waals surface area contributed by atoms with Gasteiger partial charge in [0.05, 0.1) is 5.69 Å². The normalized spacial score (nSPS) is 11.1. The van der Waals surface area contributed by atoms with E-state index in [1.807, 2.05) is 18.3 Å². The molecule has 0 saturated heterocycles. The summed E-state index contributed by atoms with van der Waals surface area (Å²) in [5, 5.41) is 0. The lowest BCUT2D eigenvalue weighted by Crippen LogP contribution is -1.92. The van der Waals surface area contributed by atoms with E-state index < -0.39 is 0 Å². The largest absolute Gasteiger partial charge is 0.296 e. The zero-order valence-corrected chi connectivity index (χ0v) is 8.99. The number of nitrogens with zero attached hydrogens (tertiary/aromatic N) is 2. The lowest BCUT2D eigenvalue weighted by atomic mass is 9.98. The minimum absolute atomic E-state index is 0.459. The molecule has 2 nitrogen and oxygen atoms in total. The van der Waals surface area contributed by atoms with Crippen molar-refractivity contribution in [2.45, 2.75) is 19.8 Å². The molecule has 0 atom stereocenters. The van der Waals surface area contributed by atoms with E-state index in [0.29, 0.717) is 5.92 Å². The second kappa shape index (κ2) is 4.70. The molecule has 0 amide bonds. The van der Waals surface area contributed by atoms with Gasteiger partial charge in [0.15, 0.2) is 0 Å². The summed E-state index contributed by atoms with van der Waals surface area (Å²) in [7, 11) is 1.76. The van der Waals surface area contributed by atoms with Gasteiger partial charge >= 0.3 is 0 Å². The van der Waals surface area contributed by atoms with E-state index in [-0.39, 0.29) is 0 Å². The van der Waals surface area contributed by atoms with Crippen molar-refractivity contribution in [3.05, 3.63) is 29.3 Å². The summed E-state index contributed by atoms with van der Waals surface area (Å²) in [5.41, 5.74) is 3.21. The van der Waals surface area contributed by atoms with E-state index in [2.05, 4.69) is 36.6 Å². The van der Waals surface area contributed by atoms with Crippen LogP contribution in [0.3, 0.4) is 0 Å². The predicted octanol–water partition coefficient (Wildman–Crippen LogP) is 3.19. The van der Waals surface area contributed by atoms with Gasteiger partial charge in [-0.1, -0.05) is 32.0 Å². The molecule has 0 aliphatic rings. The molecule has 0 aliphatic carbocycles. The third-order valence-corrected chi connectivity index (χ3v) is 2.15. The monoisotopic (exact) mass is 188 g/mol. The van der Waals surface area contributed by atoms with Crippen LogP contribution in [0.1, 0.15) is 30.9 Å². The number of rotatable bonds is 3.